The summed E-state index contributed by atoms with van der Waals surface area (Å²) in [5.41, 5.74) is 9.19. The second-order valence-corrected chi connectivity index (χ2v) is 10.3. The Morgan fingerprint density at radius 2 is 1.97 bits per heavy atom. The number of fused-ring (bicyclic) bond motifs is 5. The Morgan fingerprint density at radius 3 is 2.70 bits per heavy atom. The predicted molar refractivity (Wildman–Crippen MR) is 128 cm³/mol. The van der Waals surface area contributed by atoms with Gasteiger partial charge in [0, 0.05) is 58.0 Å². The third kappa shape index (κ3) is 4.75. The minimum Gasteiger partial charge on any atom is -0.482 e. The highest BCUT2D eigenvalue weighted by atomic mass is 32.2. The first-order chi connectivity index (χ1) is 15.5. The van der Waals surface area contributed by atoms with E-state index in [0.29, 0.717) is 28.1 Å². The summed E-state index contributed by atoms with van der Waals surface area (Å²) in [6.07, 6.45) is 0.811. The summed E-state index contributed by atoms with van der Waals surface area (Å²) < 4.78 is 35.1. The van der Waals surface area contributed by atoms with Gasteiger partial charge < -0.3 is 20.1 Å². The number of benzene rings is 2. The van der Waals surface area contributed by atoms with E-state index in [-0.39, 0.29) is 24.0 Å². The predicted octanol–water partition coefficient (Wildman–Crippen LogP) is 3.26. The van der Waals surface area contributed by atoms with Gasteiger partial charge in [0.25, 0.3) is 5.91 Å². The molecule has 2 unspecified atom stereocenters. The van der Waals surface area contributed by atoms with Gasteiger partial charge in [-0.25, -0.2) is 8.60 Å². The van der Waals surface area contributed by atoms with Crippen LogP contribution >= 0.6 is 0 Å². The molecule has 2 bridgehead atoms. The van der Waals surface area contributed by atoms with Gasteiger partial charge in [-0.05, 0) is 48.7 Å². The molecule has 33 heavy (non-hydrogen) atoms. The van der Waals surface area contributed by atoms with Gasteiger partial charge in [-0.15, -0.1) is 10.2 Å². The van der Waals surface area contributed by atoms with Crippen molar-refractivity contribution >= 4 is 33.0 Å². The molecule has 8 nitrogen and oxygen atoms in total. The van der Waals surface area contributed by atoms with Crippen LogP contribution in [0.1, 0.15) is 34.5 Å². The molecule has 1 aliphatic heterocycles. The minimum atomic E-state index is -2.51. The molecule has 10 heteroatoms. The Morgan fingerprint density at radius 1 is 1.21 bits per heavy atom. The largest absolute Gasteiger partial charge is 0.482 e. The summed E-state index contributed by atoms with van der Waals surface area (Å²) in [4.78, 5) is 14.8. The second kappa shape index (κ2) is 8.36. The van der Waals surface area contributed by atoms with Crippen LogP contribution < -0.4 is 15.2 Å². The molecule has 2 aromatic carbocycles. The molecular weight excluding hydrogens is 445 g/mol. The number of amides is 1. The van der Waals surface area contributed by atoms with Crippen molar-refractivity contribution in [2.75, 3.05) is 23.8 Å². The number of ether oxygens (including phenoxy) is 1. The molecule has 3 aromatic rings. The van der Waals surface area contributed by atoms with Crippen molar-refractivity contribution in [3.05, 3.63) is 65.0 Å². The fourth-order valence-electron chi connectivity index (χ4n) is 3.73. The smallest absolute Gasteiger partial charge is 0.254 e. The molecule has 0 saturated heterocycles. The van der Waals surface area contributed by atoms with E-state index in [2.05, 4.69) is 20.8 Å². The van der Waals surface area contributed by atoms with Crippen molar-refractivity contribution in [2.45, 2.75) is 19.6 Å². The van der Waals surface area contributed by atoms with Gasteiger partial charge in [-0.2, -0.15) is 0 Å². The summed E-state index contributed by atoms with van der Waals surface area (Å²) >= 11 is 0. The zero-order valence-electron chi connectivity index (χ0n) is 18.5. The van der Waals surface area contributed by atoms with Gasteiger partial charge in [0.15, 0.2) is 11.6 Å². The van der Waals surface area contributed by atoms with Gasteiger partial charge in [0.05, 0.1) is 5.69 Å². The van der Waals surface area contributed by atoms with E-state index in [9.17, 15) is 13.4 Å². The van der Waals surface area contributed by atoms with Gasteiger partial charge in [0.2, 0.25) is 0 Å². The third-order valence-electron chi connectivity index (χ3n) is 5.25. The van der Waals surface area contributed by atoms with Crippen molar-refractivity contribution in [3.63, 3.8) is 0 Å². The molecule has 0 radical (unpaired) electrons. The van der Waals surface area contributed by atoms with Crippen molar-refractivity contribution in [1.82, 2.24) is 15.1 Å². The molecule has 0 aliphatic carbocycles. The molecule has 172 valence electrons. The fraction of sp³-hybridized carbons (Fsp3) is 0.217. The molecular formula is C23H24FN5O3S. The van der Waals surface area contributed by atoms with E-state index in [4.69, 9.17) is 10.5 Å². The van der Waals surface area contributed by atoms with Crippen LogP contribution in [0.5, 0.6) is 5.75 Å². The summed E-state index contributed by atoms with van der Waals surface area (Å²) in [5.74, 6) is 3.19. The first-order valence-electron chi connectivity index (χ1n) is 10.1. The van der Waals surface area contributed by atoms with Crippen LogP contribution in [-0.4, -0.2) is 44.4 Å². The maximum atomic E-state index is 14.0. The number of nitrogens with two attached hydrogens (primary N) is 1. The van der Waals surface area contributed by atoms with Crippen LogP contribution in [-0.2, 0) is 16.3 Å². The molecule has 2 heterocycles. The minimum absolute atomic E-state index is 0.0641. The first-order valence-corrected chi connectivity index (χ1v) is 12.2. The van der Waals surface area contributed by atoms with Gasteiger partial charge >= 0.3 is 0 Å². The highest BCUT2D eigenvalue weighted by Crippen LogP contribution is 2.34. The monoisotopic (exact) mass is 469 g/mol. The van der Waals surface area contributed by atoms with Gasteiger partial charge in [-0.1, -0.05) is 6.07 Å². The summed E-state index contributed by atoms with van der Waals surface area (Å²) in [6, 6.07) is 11.0. The Bertz CT molecular complexity index is 1360. The van der Waals surface area contributed by atoms with E-state index < -0.39 is 21.6 Å². The van der Waals surface area contributed by atoms with Crippen LogP contribution in [0.3, 0.4) is 0 Å². The van der Waals surface area contributed by atoms with Crippen LogP contribution in [0.15, 0.2) is 42.5 Å². The van der Waals surface area contributed by atoms with Gasteiger partial charge in [-0.3, -0.25) is 4.79 Å². The zero-order chi connectivity index (χ0) is 23.9. The molecule has 1 aromatic heterocycles. The summed E-state index contributed by atoms with van der Waals surface area (Å²) in [7, 11) is -0.846. The SMILES string of the molecule is C=S(C)(=O)Nc1ccc2c(c1)-c1cc(c(N)nn1)OC(C)c1cc(F)ccc1C(=O)N(C)C2. The molecule has 4 rings (SSSR count). The van der Waals surface area contributed by atoms with Gasteiger partial charge in [0.1, 0.15) is 11.9 Å². The lowest BCUT2D eigenvalue weighted by molar-refractivity contribution is 0.0780. The summed E-state index contributed by atoms with van der Waals surface area (Å²) in [5, 5.41) is 8.24. The van der Waals surface area contributed by atoms with E-state index in [1.165, 1.54) is 29.4 Å². The van der Waals surface area contributed by atoms with Crippen LogP contribution in [0.2, 0.25) is 0 Å². The van der Waals surface area contributed by atoms with Crippen LogP contribution in [0.4, 0.5) is 15.9 Å². The van der Waals surface area contributed by atoms with Crippen molar-refractivity contribution in [2.24, 2.45) is 0 Å². The zero-order valence-corrected chi connectivity index (χ0v) is 19.3. The topological polar surface area (TPSA) is 110 Å². The second-order valence-electron chi connectivity index (χ2n) is 8.11. The van der Waals surface area contributed by atoms with Crippen LogP contribution in [0.25, 0.3) is 11.3 Å². The number of halogens is 1. The Balaban J connectivity index is 1.91. The molecule has 0 saturated carbocycles. The molecule has 1 amide bonds. The lowest BCUT2D eigenvalue weighted by Gasteiger charge is -2.25. The average Bonchev–Trinajstić information content (AvgIpc) is 2.74. The highest BCUT2D eigenvalue weighted by molar-refractivity contribution is 8.00. The number of aromatic nitrogens is 2. The number of hydrogen-bond acceptors (Lipinski definition) is 6. The number of nitrogen functional groups attached to an aromatic ring is 1. The van der Waals surface area contributed by atoms with Crippen molar-refractivity contribution in [3.8, 4) is 17.0 Å². The highest BCUT2D eigenvalue weighted by Gasteiger charge is 2.24. The number of hydrogen-bond donors (Lipinski definition) is 2. The molecule has 2 atom stereocenters. The van der Waals surface area contributed by atoms with E-state index in [0.717, 1.165) is 5.56 Å². The van der Waals surface area contributed by atoms with E-state index in [1.54, 1.807) is 32.2 Å². The first kappa shape index (κ1) is 22.5. The maximum absolute atomic E-state index is 14.0. The molecule has 0 fully saturated rings. The number of carbonyl (C=O) groups is 1. The number of nitrogens with zero attached hydrogens (tertiary/aromatic N) is 3. The number of nitrogens with one attached hydrogen (secondary N) is 1. The Labute approximate surface area is 191 Å². The lowest BCUT2D eigenvalue weighted by Crippen LogP contribution is -2.28. The Hall–Kier alpha value is -3.66. The van der Waals surface area contributed by atoms with Crippen molar-refractivity contribution < 1.29 is 18.1 Å². The van der Waals surface area contributed by atoms with E-state index >= 15 is 0 Å². The number of anilines is 2. The van der Waals surface area contributed by atoms with Crippen molar-refractivity contribution in [1.29, 1.82) is 0 Å². The van der Waals surface area contributed by atoms with E-state index in [1.807, 2.05) is 6.07 Å². The standard InChI is InChI=1S/C23H24FN5O3S/c1-13-18-9-15(24)6-8-17(18)23(30)29(2)12-14-5-7-16(28-33(3,4)31)10-19(14)20-11-21(32-13)22(25)27-26-20/h5-11,13H,3,12H2,1-2,4H3,(H2,25,27)(H,28,31). The number of carbonyl (C=O) groups excluding carboxylic acids is 1. The molecule has 1 aliphatic rings. The third-order valence-corrected chi connectivity index (χ3v) is 5.91. The molecule has 3 N–H and O–H groups in total. The maximum Gasteiger partial charge on any atom is 0.254 e. The quantitative estimate of drug-likeness (QED) is 0.558. The molecule has 0 spiro atoms. The normalized spacial score (nSPS) is 17.5. The average molecular weight is 470 g/mol. The fourth-order valence-corrected chi connectivity index (χ4v) is 4.35. The Kier molecular flexibility index (Phi) is 5.71. The summed E-state index contributed by atoms with van der Waals surface area (Å²) in [6.45, 7) is 1.95. The number of rotatable bonds is 2. The van der Waals surface area contributed by atoms with Crippen LogP contribution in [0, 0.1) is 5.82 Å². The lowest BCUT2D eigenvalue weighted by atomic mass is 9.99.